The minimum atomic E-state index is -0.0625. The van der Waals surface area contributed by atoms with Crippen molar-refractivity contribution in [2.45, 2.75) is 50.9 Å². The molecule has 0 saturated heterocycles. The molecule has 0 fully saturated rings. The highest BCUT2D eigenvalue weighted by Gasteiger charge is 2.25. The van der Waals surface area contributed by atoms with Crippen molar-refractivity contribution >= 4 is 0 Å². The predicted molar refractivity (Wildman–Crippen MR) is 98.8 cm³/mol. The van der Waals surface area contributed by atoms with E-state index in [1.807, 2.05) is 24.3 Å². The second-order valence-corrected chi connectivity index (χ2v) is 7.76. The molecule has 0 bridgehead atoms. The number of rotatable bonds is 2. The maximum Gasteiger partial charge on any atom is 0.123 e. The van der Waals surface area contributed by atoms with Crippen LogP contribution in [0.4, 0.5) is 0 Å². The van der Waals surface area contributed by atoms with E-state index < -0.39 is 0 Å². The van der Waals surface area contributed by atoms with E-state index in [1.54, 1.807) is 12.1 Å². The molecule has 2 heteroatoms. The zero-order valence-electron chi connectivity index (χ0n) is 14.7. The highest BCUT2D eigenvalue weighted by atomic mass is 16.3. The van der Waals surface area contributed by atoms with E-state index in [4.69, 9.17) is 0 Å². The molecule has 2 N–H and O–H groups in total. The molecule has 2 aromatic rings. The molecule has 0 saturated carbocycles. The Labute approximate surface area is 144 Å². The van der Waals surface area contributed by atoms with E-state index in [9.17, 15) is 10.2 Å². The monoisotopic (exact) mass is 322 g/mol. The number of allylic oxidation sites excluding steroid dienone is 2. The summed E-state index contributed by atoms with van der Waals surface area (Å²) in [5, 5.41) is 20.2. The van der Waals surface area contributed by atoms with Gasteiger partial charge in [-0.3, -0.25) is 0 Å². The van der Waals surface area contributed by atoms with E-state index in [1.165, 1.54) is 5.56 Å². The van der Waals surface area contributed by atoms with Gasteiger partial charge >= 0.3 is 0 Å². The summed E-state index contributed by atoms with van der Waals surface area (Å²) >= 11 is 0. The van der Waals surface area contributed by atoms with Gasteiger partial charge in [-0.1, -0.05) is 63.3 Å². The van der Waals surface area contributed by atoms with Crippen LogP contribution in [0.1, 0.15) is 62.1 Å². The van der Waals surface area contributed by atoms with E-state index in [0.29, 0.717) is 17.4 Å². The Morgan fingerprint density at radius 3 is 2.04 bits per heavy atom. The second kappa shape index (κ2) is 6.35. The fourth-order valence-electron chi connectivity index (χ4n) is 3.54. The molecule has 2 atom stereocenters. The van der Waals surface area contributed by atoms with Gasteiger partial charge in [0.1, 0.15) is 11.5 Å². The lowest BCUT2D eigenvalue weighted by Gasteiger charge is -2.27. The van der Waals surface area contributed by atoms with E-state index in [0.717, 1.165) is 24.0 Å². The van der Waals surface area contributed by atoms with Crippen LogP contribution in [0.15, 0.2) is 54.6 Å². The van der Waals surface area contributed by atoms with Crippen LogP contribution in [-0.4, -0.2) is 10.2 Å². The summed E-state index contributed by atoms with van der Waals surface area (Å²) in [5.74, 6) is 1.40. The summed E-state index contributed by atoms with van der Waals surface area (Å²) in [6, 6.07) is 13.6. The summed E-state index contributed by atoms with van der Waals surface area (Å²) in [5.41, 5.74) is 3.21. The van der Waals surface area contributed by atoms with Crippen molar-refractivity contribution in [2.24, 2.45) is 0 Å². The van der Waals surface area contributed by atoms with Crippen LogP contribution in [0.3, 0.4) is 0 Å². The minimum Gasteiger partial charge on any atom is -0.508 e. The number of hydrogen-bond acceptors (Lipinski definition) is 2. The lowest BCUT2D eigenvalue weighted by atomic mass is 9.78. The fraction of sp³-hybridized carbons (Fsp3) is 0.364. The maximum absolute atomic E-state index is 10.7. The van der Waals surface area contributed by atoms with Crippen molar-refractivity contribution in [3.8, 4) is 11.5 Å². The Morgan fingerprint density at radius 2 is 1.46 bits per heavy atom. The molecule has 2 unspecified atom stereocenters. The van der Waals surface area contributed by atoms with Crippen LogP contribution in [0.5, 0.6) is 11.5 Å². The van der Waals surface area contributed by atoms with Gasteiger partial charge in [-0.05, 0) is 41.5 Å². The SMILES string of the molecule is CC(C)(C)c1cccc(C2C=CC(c3ccc(O)cc3)CC2)c1O. The van der Waals surface area contributed by atoms with Gasteiger partial charge in [0.25, 0.3) is 0 Å². The van der Waals surface area contributed by atoms with Crippen molar-refractivity contribution in [3.63, 3.8) is 0 Å². The van der Waals surface area contributed by atoms with Gasteiger partial charge < -0.3 is 10.2 Å². The number of aromatic hydroxyl groups is 2. The lowest BCUT2D eigenvalue weighted by Crippen LogP contribution is -2.13. The van der Waals surface area contributed by atoms with Gasteiger partial charge in [-0.2, -0.15) is 0 Å². The number of para-hydroxylation sites is 1. The van der Waals surface area contributed by atoms with E-state index in [2.05, 4.69) is 39.0 Å². The molecule has 2 aromatic carbocycles. The summed E-state index contributed by atoms with van der Waals surface area (Å²) in [6.45, 7) is 6.39. The first-order valence-corrected chi connectivity index (χ1v) is 8.66. The zero-order valence-corrected chi connectivity index (χ0v) is 14.7. The quantitative estimate of drug-likeness (QED) is 0.705. The van der Waals surface area contributed by atoms with Crippen molar-refractivity contribution in [3.05, 3.63) is 71.3 Å². The average molecular weight is 322 g/mol. The van der Waals surface area contributed by atoms with Crippen LogP contribution in [-0.2, 0) is 5.41 Å². The molecule has 0 spiro atoms. The number of phenols is 2. The smallest absolute Gasteiger partial charge is 0.123 e. The van der Waals surface area contributed by atoms with Crippen LogP contribution in [0.25, 0.3) is 0 Å². The maximum atomic E-state index is 10.7. The summed E-state index contributed by atoms with van der Waals surface area (Å²) in [7, 11) is 0. The Balaban J connectivity index is 1.84. The molecule has 24 heavy (non-hydrogen) atoms. The molecule has 0 aliphatic heterocycles. The predicted octanol–water partition coefficient (Wildman–Crippen LogP) is 5.61. The Bertz CT molecular complexity index is 736. The van der Waals surface area contributed by atoms with Crippen molar-refractivity contribution < 1.29 is 10.2 Å². The van der Waals surface area contributed by atoms with Gasteiger partial charge in [-0.15, -0.1) is 0 Å². The van der Waals surface area contributed by atoms with Crippen molar-refractivity contribution in [1.82, 2.24) is 0 Å². The molecule has 126 valence electrons. The first kappa shape index (κ1) is 16.6. The molecule has 0 radical (unpaired) electrons. The van der Waals surface area contributed by atoms with Gasteiger partial charge in [0.2, 0.25) is 0 Å². The van der Waals surface area contributed by atoms with Crippen LogP contribution < -0.4 is 0 Å². The average Bonchev–Trinajstić information content (AvgIpc) is 2.55. The number of phenolic OH excluding ortho intramolecular Hbond substituents is 2. The third-order valence-corrected chi connectivity index (χ3v) is 4.96. The fourth-order valence-corrected chi connectivity index (χ4v) is 3.54. The van der Waals surface area contributed by atoms with Gasteiger partial charge in [-0.25, -0.2) is 0 Å². The Hall–Kier alpha value is -2.22. The molecule has 1 aliphatic carbocycles. The van der Waals surface area contributed by atoms with E-state index >= 15 is 0 Å². The van der Waals surface area contributed by atoms with Gasteiger partial charge in [0.15, 0.2) is 0 Å². The largest absolute Gasteiger partial charge is 0.508 e. The molecular weight excluding hydrogens is 296 g/mol. The van der Waals surface area contributed by atoms with Crippen LogP contribution in [0.2, 0.25) is 0 Å². The third-order valence-electron chi connectivity index (χ3n) is 4.96. The molecule has 0 amide bonds. The first-order chi connectivity index (χ1) is 11.4. The van der Waals surface area contributed by atoms with Gasteiger partial charge in [0, 0.05) is 17.4 Å². The van der Waals surface area contributed by atoms with Crippen LogP contribution in [0, 0.1) is 0 Å². The molecule has 3 rings (SSSR count). The summed E-state index contributed by atoms with van der Waals surface area (Å²) in [4.78, 5) is 0. The molecule has 1 aliphatic rings. The van der Waals surface area contributed by atoms with Gasteiger partial charge in [0.05, 0.1) is 0 Å². The number of hydrogen-bond donors (Lipinski definition) is 2. The summed E-state index contributed by atoms with van der Waals surface area (Å²) in [6.07, 6.45) is 6.53. The van der Waals surface area contributed by atoms with Crippen molar-refractivity contribution in [1.29, 1.82) is 0 Å². The topological polar surface area (TPSA) is 40.5 Å². The van der Waals surface area contributed by atoms with Crippen molar-refractivity contribution in [2.75, 3.05) is 0 Å². The molecular formula is C22H26O2. The highest BCUT2D eigenvalue weighted by molar-refractivity contribution is 5.47. The zero-order chi connectivity index (χ0) is 17.3. The normalized spacial score (nSPS) is 21.0. The lowest BCUT2D eigenvalue weighted by molar-refractivity contribution is 0.434. The minimum absolute atomic E-state index is 0.0625. The van der Waals surface area contributed by atoms with E-state index in [-0.39, 0.29) is 11.3 Å². The standard InChI is InChI=1S/C22H26O2/c1-22(2,3)20-6-4-5-19(21(20)24)17-9-7-15(8-10-17)16-11-13-18(23)14-12-16/h4-7,9,11-15,17,23-24H,8,10H2,1-3H3. The first-order valence-electron chi connectivity index (χ1n) is 8.66. The Morgan fingerprint density at radius 1 is 0.833 bits per heavy atom. The van der Waals surface area contributed by atoms with Crippen LogP contribution >= 0.6 is 0 Å². The third kappa shape index (κ3) is 3.33. The summed E-state index contributed by atoms with van der Waals surface area (Å²) < 4.78 is 0. The molecule has 0 aromatic heterocycles. The molecule has 2 nitrogen and oxygen atoms in total. The Kier molecular flexibility index (Phi) is 4.40. The molecule has 0 heterocycles. The second-order valence-electron chi connectivity index (χ2n) is 7.76. The highest BCUT2D eigenvalue weighted by Crippen LogP contribution is 2.42. The number of benzene rings is 2.